The molecule has 1 fully saturated rings. The minimum atomic E-state index is -0.468. The molecule has 3 heteroatoms. The molecule has 0 heterocycles. The van der Waals surface area contributed by atoms with E-state index in [1.807, 2.05) is 31.2 Å². The Morgan fingerprint density at radius 1 is 0.880 bits per heavy atom. The maximum atomic E-state index is 10.7. The van der Waals surface area contributed by atoms with Gasteiger partial charge in [0.1, 0.15) is 11.5 Å². The molecule has 0 aliphatic heterocycles. The number of aliphatic hydroxyl groups excluding tert-OH is 1. The van der Waals surface area contributed by atoms with Gasteiger partial charge in [-0.05, 0) is 78.5 Å². The Morgan fingerprint density at radius 2 is 1.56 bits per heavy atom. The second-order valence-electron chi connectivity index (χ2n) is 7.75. The second kappa shape index (κ2) is 6.38. The number of aromatic hydroxyl groups is 2. The minimum Gasteiger partial charge on any atom is -0.508 e. The van der Waals surface area contributed by atoms with Crippen LogP contribution in [0.2, 0.25) is 0 Å². The number of rotatable bonds is 2. The molecule has 2 aromatic carbocycles. The first-order valence-electron chi connectivity index (χ1n) is 9.36. The van der Waals surface area contributed by atoms with E-state index in [1.54, 1.807) is 18.2 Å². The summed E-state index contributed by atoms with van der Waals surface area (Å²) in [6.07, 6.45) is 4.26. The molecule has 3 nitrogen and oxygen atoms in total. The van der Waals surface area contributed by atoms with E-state index < -0.39 is 6.10 Å². The van der Waals surface area contributed by atoms with Crippen LogP contribution in [0.5, 0.6) is 11.5 Å². The van der Waals surface area contributed by atoms with Crippen LogP contribution in [0.1, 0.15) is 67.1 Å². The van der Waals surface area contributed by atoms with Crippen LogP contribution in [-0.2, 0) is 0 Å². The van der Waals surface area contributed by atoms with Gasteiger partial charge >= 0.3 is 0 Å². The van der Waals surface area contributed by atoms with Crippen LogP contribution in [0.3, 0.4) is 0 Å². The van der Waals surface area contributed by atoms with E-state index in [4.69, 9.17) is 0 Å². The molecule has 25 heavy (non-hydrogen) atoms. The summed E-state index contributed by atoms with van der Waals surface area (Å²) in [6, 6.07) is 13.2. The average Bonchev–Trinajstić information content (AvgIpc) is 2.61. The Labute approximate surface area is 149 Å². The standard InChI is InChI=1S/C22H26O3/c1-13(23)21-19-11-10-16(25)12-20(19)17-4-2-3-5-18(17)22(21)14-6-8-15(24)9-7-14/h6-13,17-18,21-25H,2-5H2,1H3. The molecular formula is C22H26O3. The lowest BCUT2D eigenvalue weighted by Gasteiger charge is -2.48. The number of hydrogen-bond acceptors (Lipinski definition) is 3. The lowest BCUT2D eigenvalue weighted by molar-refractivity contribution is 0.107. The summed E-state index contributed by atoms with van der Waals surface area (Å²) in [6.45, 7) is 1.87. The lowest BCUT2D eigenvalue weighted by atomic mass is 9.57. The van der Waals surface area contributed by atoms with Crippen LogP contribution in [0.15, 0.2) is 42.5 Å². The molecule has 3 N–H and O–H groups in total. The summed E-state index contributed by atoms with van der Waals surface area (Å²) in [5.41, 5.74) is 3.60. The maximum Gasteiger partial charge on any atom is 0.115 e. The van der Waals surface area contributed by atoms with Crippen molar-refractivity contribution in [1.82, 2.24) is 0 Å². The molecular weight excluding hydrogens is 312 g/mol. The molecule has 132 valence electrons. The van der Waals surface area contributed by atoms with Gasteiger partial charge in [-0.1, -0.05) is 31.0 Å². The van der Waals surface area contributed by atoms with Crippen molar-refractivity contribution < 1.29 is 15.3 Å². The van der Waals surface area contributed by atoms with Crippen molar-refractivity contribution in [3.05, 3.63) is 59.2 Å². The van der Waals surface area contributed by atoms with Crippen LogP contribution >= 0.6 is 0 Å². The van der Waals surface area contributed by atoms with Crippen LogP contribution in [0.25, 0.3) is 0 Å². The molecule has 0 spiro atoms. The number of phenolic OH excluding ortho intramolecular Hbond substituents is 2. The van der Waals surface area contributed by atoms with E-state index in [0.29, 0.717) is 17.6 Å². The minimum absolute atomic E-state index is 0.0134. The first-order valence-corrected chi connectivity index (χ1v) is 9.36. The molecule has 2 aromatic rings. The van der Waals surface area contributed by atoms with Crippen molar-refractivity contribution in [2.24, 2.45) is 5.92 Å². The molecule has 0 aromatic heterocycles. The fourth-order valence-corrected chi connectivity index (χ4v) is 5.33. The Hall–Kier alpha value is -2.00. The number of fused-ring (bicyclic) bond motifs is 3. The van der Waals surface area contributed by atoms with Crippen molar-refractivity contribution in [2.75, 3.05) is 0 Å². The largest absolute Gasteiger partial charge is 0.508 e. The second-order valence-corrected chi connectivity index (χ2v) is 7.75. The highest BCUT2D eigenvalue weighted by atomic mass is 16.3. The summed E-state index contributed by atoms with van der Waals surface area (Å²) >= 11 is 0. The molecule has 0 radical (unpaired) electrons. The van der Waals surface area contributed by atoms with Gasteiger partial charge in [-0.25, -0.2) is 0 Å². The van der Waals surface area contributed by atoms with Gasteiger partial charge in [0.25, 0.3) is 0 Å². The fourth-order valence-electron chi connectivity index (χ4n) is 5.33. The zero-order chi connectivity index (χ0) is 17.6. The summed E-state index contributed by atoms with van der Waals surface area (Å²) in [5, 5.41) is 30.4. The number of benzene rings is 2. The van der Waals surface area contributed by atoms with Crippen molar-refractivity contribution in [2.45, 2.75) is 56.5 Å². The van der Waals surface area contributed by atoms with E-state index in [-0.39, 0.29) is 17.6 Å². The van der Waals surface area contributed by atoms with Gasteiger partial charge in [-0.15, -0.1) is 0 Å². The number of phenols is 2. The van der Waals surface area contributed by atoms with Crippen molar-refractivity contribution in [1.29, 1.82) is 0 Å². The zero-order valence-electron chi connectivity index (χ0n) is 14.6. The molecule has 2 aliphatic rings. The predicted octanol–water partition coefficient (Wildman–Crippen LogP) is 4.63. The molecule has 2 aliphatic carbocycles. The molecule has 0 bridgehead atoms. The highest BCUT2D eigenvalue weighted by Gasteiger charge is 2.45. The van der Waals surface area contributed by atoms with E-state index in [9.17, 15) is 15.3 Å². The summed E-state index contributed by atoms with van der Waals surface area (Å²) in [4.78, 5) is 0. The van der Waals surface area contributed by atoms with Crippen LogP contribution in [-0.4, -0.2) is 21.4 Å². The van der Waals surface area contributed by atoms with E-state index in [1.165, 1.54) is 29.5 Å². The maximum absolute atomic E-state index is 10.7. The molecule has 5 atom stereocenters. The SMILES string of the molecule is CC(O)C1c2ccc(O)cc2C2CCCCC2C1c1ccc(O)cc1. The van der Waals surface area contributed by atoms with Gasteiger partial charge in [-0.2, -0.15) is 0 Å². The molecule has 0 saturated heterocycles. The van der Waals surface area contributed by atoms with Crippen molar-refractivity contribution in [3.8, 4) is 11.5 Å². The third kappa shape index (κ3) is 2.81. The van der Waals surface area contributed by atoms with E-state index >= 15 is 0 Å². The summed E-state index contributed by atoms with van der Waals surface area (Å²) < 4.78 is 0. The smallest absolute Gasteiger partial charge is 0.115 e. The highest BCUT2D eigenvalue weighted by Crippen LogP contribution is 2.57. The molecule has 0 amide bonds. The van der Waals surface area contributed by atoms with Gasteiger partial charge in [0, 0.05) is 5.92 Å². The van der Waals surface area contributed by atoms with Gasteiger partial charge in [0.05, 0.1) is 6.10 Å². The molecule has 4 rings (SSSR count). The Morgan fingerprint density at radius 3 is 2.28 bits per heavy atom. The van der Waals surface area contributed by atoms with Crippen LogP contribution < -0.4 is 0 Å². The summed E-state index contributed by atoms with van der Waals surface area (Å²) in [5.74, 6) is 1.74. The van der Waals surface area contributed by atoms with Crippen molar-refractivity contribution in [3.63, 3.8) is 0 Å². The highest BCUT2D eigenvalue weighted by molar-refractivity contribution is 5.46. The van der Waals surface area contributed by atoms with Crippen LogP contribution in [0.4, 0.5) is 0 Å². The topological polar surface area (TPSA) is 60.7 Å². The van der Waals surface area contributed by atoms with Crippen LogP contribution in [0, 0.1) is 5.92 Å². The van der Waals surface area contributed by atoms with E-state index in [0.717, 1.165) is 12.8 Å². The van der Waals surface area contributed by atoms with Gasteiger partial charge in [0.2, 0.25) is 0 Å². The monoisotopic (exact) mass is 338 g/mol. The van der Waals surface area contributed by atoms with Gasteiger partial charge < -0.3 is 15.3 Å². The molecule has 5 unspecified atom stereocenters. The average molecular weight is 338 g/mol. The zero-order valence-corrected chi connectivity index (χ0v) is 14.6. The Kier molecular flexibility index (Phi) is 4.20. The van der Waals surface area contributed by atoms with Gasteiger partial charge in [-0.3, -0.25) is 0 Å². The lowest BCUT2D eigenvalue weighted by Crippen LogP contribution is -2.37. The normalized spacial score (nSPS) is 29.5. The first-order chi connectivity index (χ1) is 12.1. The predicted molar refractivity (Wildman–Crippen MR) is 98.1 cm³/mol. The van der Waals surface area contributed by atoms with E-state index in [2.05, 4.69) is 0 Å². The number of hydrogen-bond donors (Lipinski definition) is 3. The third-order valence-corrected chi connectivity index (χ3v) is 6.29. The van der Waals surface area contributed by atoms with Gasteiger partial charge in [0.15, 0.2) is 0 Å². The first kappa shape index (κ1) is 16.5. The quantitative estimate of drug-likeness (QED) is 0.748. The molecule has 1 saturated carbocycles. The third-order valence-electron chi connectivity index (χ3n) is 6.29. The Bertz CT molecular complexity index is 750. The number of aliphatic hydroxyl groups is 1. The fraction of sp³-hybridized carbons (Fsp3) is 0.455. The van der Waals surface area contributed by atoms with Crippen molar-refractivity contribution >= 4 is 0 Å². The summed E-state index contributed by atoms with van der Waals surface area (Å²) in [7, 11) is 0. The Balaban J connectivity index is 1.89.